The van der Waals surface area contributed by atoms with Crippen LogP contribution in [0, 0.1) is 23.1 Å². The quantitative estimate of drug-likeness (QED) is 0.470. The Kier molecular flexibility index (Phi) is 6.84. The first-order valence-electron chi connectivity index (χ1n) is 12.4. The summed E-state index contributed by atoms with van der Waals surface area (Å²) < 4.78 is 17.6. The van der Waals surface area contributed by atoms with Crippen molar-refractivity contribution in [2.75, 3.05) is 23.3 Å². The van der Waals surface area contributed by atoms with Crippen molar-refractivity contribution in [1.29, 1.82) is 5.26 Å². The number of hydrogen-bond acceptors (Lipinski definition) is 7. The molecule has 5 rings (SSSR count). The molecule has 3 aromatic heterocycles. The Morgan fingerprint density at radius 3 is 2.64 bits per heavy atom. The minimum atomic E-state index is -1.05. The number of carbonyl (C=O) groups is 1. The third kappa shape index (κ3) is 5.03. The summed E-state index contributed by atoms with van der Waals surface area (Å²) in [7, 11) is 0. The Hall–Kier alpha value is -3.94. The molecule has 1 aliphatic heterocycles. The number of nitrogens with zero attached hydrogens (tertiary/aromatic N) is 6. The SMILES string of the molecule is N#CCC1CCC(Nc2nc(-c3cnn4ccccc34)nc(N3CCC(NC(=O)O)CC3)c2F)CC1. The summed E-state index contributed by atoms with van der Waals surface area (Å²) in [5.74, 6) is 0.663. The molecule has 188 valence electrons. The number of pyridine rings is 1. The van der Waals surface area contributed by atoms with E-state index in [2.05, 4.69) is 31.8 Å². The van der Waals surface area contributed by atoms with Crippen molar-refractivity contribution in [1.82, 2.24) is 24.9 Å². The van der Waals surface area contributed by atoms with Crippen LogP contribution in [-0.4, -0.2) is 56.0 Å². The summed E-state index contributed by atoms with van der Waals surface area (Å²) in [5, 5.41) is 28.2. The van der Waals surface area contributed by atoms with Crippen molar-refractivity contribution in [3.05, 3.63) is 36.4 Å². The first kappa shape index (κ1) is 23.8. The third-order valence-electron chi connectivity index (χ3n) is 7.19. The Morgan fingerprint density at radius 2 is 1.92 bits per heavy atom. The topological polar surface area (TPSA) is 131 Å². The molecule has 0 atom stereocenters. The number of rotatable bonds is 6. The number of piperidine rings is 1. The minimum absolute atomic E-state index is 0.0689. The average Bonchev–Trinajstić information content (AvgIpc) is 3.31. The summed E-state index contributed by atoms with van der Waals surface area (Å²) >= 11 is 0. The molecule has 0 unspecified atom stereocenters. The van der Waals surface area contributed by atoms with Crippen LogP contribution in [-0.2, 0) is 0 Å². The molecule has 1 aliphatic carbocycles. The maximum atomic E-state index is 15.8. The predicted molar refractivity (Wildman–Crippen MR) is 132 cm³/mol. The lowest BCUT2D eigenvalue weighted by atomic mass is 9.84. The van der Waals surface area contributed by atoms with Crippen molar-refractivity contribution in [2.24, 2.45) is 5.92 Å². The number of aromatic nitrogens is 4. The molecule has 4 heterocycles. The van der Waals surface area contributed by atoms with Gasteiger partial charge in [0.15, 0.2) is 17.5 Å². The van der Waals surface area contributed by atoms with Gasteiger partial charge in [0.05, 0.1) is 23.3 Å². The van der Waals surface area contributed by atoms with Crippen LogP contribution in [0.5, 0.6) is 0 Å². The first-order valence-corrected chi connectivity index (χ1v) is 12.4. The number of anilines is 2. The molecule has 0 aromatic carbocycles. The average molecular weight is 493 g/mol. The second-order valence-electron chi connectivity index (χ2n) is 9.56. The van der Waals surface area contributed by atoms with Crippen LogP contribution < -0.4 is 15.5 Å². The van der Waals surface area contributed by atoms with Crippen LogP contribution in [0.15, 0.2) is 30.6 Å². The Bertz CT molecular complexity index is 1270. The highest BCUT2D eigenvalue weighted by atomic mass is 19.1. The van der Waals surface area contributed by atoms with Crippen molar-refractivity contribution >= 4 is 23.2 Å². The molecule has 3 N–H and O–H groups in total. The van der Waals surface area contributed by atoms with Gasteiger partial charge < -0.3 is 20.6 Å². The van der Waals surface area contributed by atoms with Crippen LogP contribution in [0.2, 0.25) is 0 Å². The monoisotopic (exact) mass is 492 g/mol. The first-order chi connectivity index (χ1) is 17.5. The number of amides is 1. The zero-order chi connectivity index (χ0) is 25.1. The summed E-state index contributed by atoms with van der Waals surface area (Å²) in [6, 6.07) is 7.87. The lowest BCUT2D eigenvalue weighted by Gasteiger charge is -2.33. The molecule has 11 heteroatoms. The maximum Gasteiger partial charge on any atom is 0.404 e. The number of nitriles is 1. The van der Waals surface area contributed by atoms with E-state index in [0.717, 1.165) is 31.2 Å². The zero-order valence-corrected chi connectivity index (χ0v) is 19.9. The predicted octanol–water partition coefficient (Wildman–Crippen LogP) is 4.05. The highest BCUT2D eigenvalue weighted by molar-refractivity contribution is 5.77. The molecule has 0 bridgehead atoms. The highest BCUT2D eigenvalue weighted by Gasteiger charge is 2.28. The van der Waals surface area contributed by atoms with Crippen molar-refractivity contribution in [3.63, 3.8) is 0 Å². The normalized spacial score (nSPS) is 20.7. The van der Waals surface area contributed by atoms with Crippen LogP contribution in [0.25, 0.3) is 16.9 Å². The fourth-order valence-electron chi connectivity index (χ4n) is 5.21. The Morgan fingerprint density at radius 1 is 1.14 bits per heavy atom. The van der Waals surface area contributed by atoms with E-state index in [-0.39, 0.29) is 23.7 Å². The standard InChI is InChI=1S/C25H29FN8O2/c26-21-23(29-17-6-4-16(5-7-17)8-11-27)31-22(19-15-28-34-12-2-1-3-20(19)34)32-24(21)33-13-9-18(10-14-33)30-25(35)36/h1-3,12,15-18,30H,4-10,13-14H2,(H,35,36)(H,29,31,32). The molecule has 36 heavy (non-hydrogen) atoms. The van der Waals surface area contributed by atoms with E-state index in [1.807, 2.05) is 29.3 Å². The lowest BCUT2D eigenvalue weighted by Crippen LogP contribution is -2.44. The van der Waals surface area contributed by atoms with E-state index in [9.17, 15) is 4.79 Å². The Labute approximate surface area is 208 Å². The fraction of sp³-hybridized carbons (Fsp3) is 0.480. The summed E-state index contributed by atoms with van der Waals surface area (Å²) in [5.41, 5.74) is 1.53. The number of nitrogens with one attached hydrogen (secondary N) is 2. The van der Waals surface area contributed by atoms with E-state index in [1.54, 1.807) is 10.7 Å². The van der Waals surface area contributed by atoms with Gasteiger partial charge in [0, 0.05) is 37.8 Å². The van der Waals surface area contributed by atoms with Gasteiger partial charge in [-0.05, 0) is 56.6 Å². The van der Waals surface area contributed by atoms with Crippen LogP contribution in [0.1, 0.15) is 44.9 Å². The van der Waals surface area contributed by atoms with Gasteiger partial charge in [0.2, 0.25) is 5.82 Å². The molecule has 1 saturated heterocycles. The van der Waals surface area contributed by atoms with Crippen LogP contribution >= 0.6 is 0 Å². The summed E-state index contributed by atoms with van der Waals surface area (Å²) in [6.45, 7) is 0.956. The number of hydrogen-bond donors (Lipinski definition) is 3. The molecule has 1 amide bonds. The van der Waals surface area contributed by atoms with Gasteiger partial charge in [0.25, 0.3) is 0 Å². The molecule has 10 nitrogen and oxygen atoms in total. The van der Waals surface area contributed by atoms with E-state index >= 15 is 4.39 Å². The van der Waals surface area contributed by atoms with E-state index in [0.29, 0.717) is 49.7 Å². The van der Waals surface area contributed by atoms with Gasteiger partial charge >= 0.3 is 6.09 Å². The summed E-state index contributed by atoms with van der Waals surface area (Å²) in [6.07, 6.45) is 7.71. The van der Waals surface area contributed by atoms with E-state index < -0.39 is 11.9 Å². The molecule has 0 radical (unpaired) electrons. The molecule has 1 saturated carbocycles. The van der Waals surface area contributed by atoms with Crippen LogP contribution in [0.3, 0.4) is 0 Å². The number of carboxylic acid groups (broad SMARTS) is 1. The van der Waals surface area contributed by atoms with Gasteiger partial charge in [-0.25, -0.2) is 19.3 Å². The molecular formula is C25H29FN8O2. The smallest absolute Gasteiger partial charge is 0.404 e. The second kappa shape index (κ2) is 10.4. The molecular weight excluding hydrogens is 463 g/mol. The van der Waals surface area contributed by atoms with Crippen LogP contribution in [0.4, 0.5) is 20.8 Å². The van der Waals surface area contributed by atoms with Crippen molar-refractivity contribution in [2.45, 2.75) is 57.0 Å². The van der Waals surface area contributed by atoms with Gasteiger partial charge in [0.1, 0.15) is 0 Å². The third-order valence-corrected chi connectivity index (χ3v) is 7.19. The molecule has 2 aliphatic rings. The van der Waals surface area contributed by atoms with Crippen molar-refractivity contribution < 1.29 is 14.3 Å². The summed E-state index contributed by atoms with van der Waals surface area (Å²) in [4.78, 5) is 22.1. The molecule has 3 aromatic rings. The van der Waals surface area contributed by atoms with Gasteiger partial charge in [-0.15, -0.1) is 0 Å². The van der Waals surface area contributed by atoms with Gasteiger partial charge in [-0.3, -0.25) is 0 Å². The van der Waals surface area contributed by atoms with E-state index in [1.165, 1.54) is 0 Å². The minimum Gasteiger partial charge on any atom is -0.465 e. The number of halogens is 1. The zero-order valence-electron chi connectivity index (χ0n) is 19.9. The van der Waals surface area contributed by atoms with Crippen molar-refractivity contribution in [3.8, 4) is 17.5 Å². The highest BCUT2D eigenvalue weighted by Crippen LogP contribution is 2.33. The van der Waals surface area contributed by atoms with E-state index in [4.69, 9.17) is 10.4 Å². The largest absolute Gasteiger partial charge is 0.465 e. The van der Waals surface area contributed by atoms with Gasteiger partial charge in [-0.1, -0.05) is 6.07 Å². The number of fused-ring (bicyclic) bond motifs is 1. The fourth-order valence-corrected chi connectivity index (χ4v) is 5.21. The van der Waals surface area contributed by atoms with Gasteiger partial charge in [-0.2, -0.15) is 14.8 Å². The maximum absolute atomic E-state index is 15.8. The lowest BCUT2D eigenvalue weighted by molar-refractivity contribution is 0.187. The Balaban J connectivity index is 1.45. The molecule has 0 spiro atoms. The second-order valence-corrected chi connectivity index (χ2v) is 9.56. The molecule has 2 fully saturated rings.